The molecule has 0 spiro atoms. The normalized spacial score (nSPS) is 12.2. The van der Waals surface area contributed by atoms with E-state index < -0.39 is 5.41 Å². The molecule has 0 bridgehead atoms. The maximum Gasteiger partial charge on any atom is 0.315 e. The van der Waals surface area contributed by atoms with Crippen LogP contribution in [0.5, 0.6) is 0 Å². The van der Waals surface area contributed by atoms with Crippen LogP contribution in [0.1, 0.15) is 63.0 Å². The van der Waals surface area contributed by atoms with Gasteiger partial charge in [-0.2, -0.15) is 0 Å². The van der Waals surface area contributed by atoms with Crippen LogP contribution >= 0.6 is 0 Å². The number of hydrogen-bond donors (Lipinski definition) is 0. The second-order valence-corrected chi connectivity index (χ2v) is 6.72. The number of esters is 1. The van der Waals surface area contributed by atoms with Gasteiger partial charge < -0.3 is 4.74 Å². The summed E-state index contributed by atoms with van der Waals surface area (Å²) < 4.78 is 4.87. The lowest BCUT2D eigenvalue weighted by molar-refractivity contribution is -0.146. The molecule has 3 heteroatoms. The Hall–Kier alpha value is -1.64. The van der Waals surface area contributed by atoms with E-state index in [0.29, 0.717) is 5.56 Å². The van der Waals surface area contributed by atoms with Crippen LogP contribution in [0.2, 0.25) is 0 Å². The second kappa shape index (κ2) is 5.39. The third-order valence-corrected chi connectivity index (χ3v) is 3.62. The highest BCUT2D eigenvalue weighted by molar-refractivity contribution is 5.95. The zero-order chi connectivity index (χ0) is 15.7. The van der Waals surface area contributed by atoms with Crippen molar-refractivity contribution in [2.45, 2.75) is 52.4 Å². The zero-order valence-electron chi connectivity index (χ0n) is 13.5. The van der Waals surface area contributed by atoms with E-state index in [2.05, 4.69) is 20.8 Å². The molecule has 0 heterocycles. The number of carbonyl (C=O) groups is 2. The number of ether oxygens (including phenoxy) is 1. The maximum absolute atomic E-state index is 12.0. The van der Waals surface area contributed by atoms with Gasteiger partial charge in [0.15, 0.2) is 5.78 Å². The molecule has 0 aliphatic rings. The number of benzene rings is 1. The van der Waals surface area contributed by atoms with Gasteiger partial charge in [-0.05, 0) is 49.4 Å². The predicted octanol–water partition coefficient (Wildman–Crippen LogP) is 3.64. The molecule has 0 radical (unpaired) electrons. The molecule has 110 valence electrons. The number of hydrogen-bond acceptors (Lipinski definition) is 3. The fraction of sp³-hybridized carbons (Fsp3) is 0.529. The van der Waals surface area contributed by atoms with E-state index in [1.807, 2.05) is 26.0 Å². The van der Waals surface area contributed by atoms with Crippen molar-refractivity contribution in [3.63, 3.8) is 0 Å². The Labute approximate surface area is 121 Å². The SMILES string of the molecule is COC(=O)C(C)(C)c1cc(C(C)=O)cc(C(C)(C)C)c1. The Morgan fingerprint density at radius 1 is 0.950 bits per heavy atom. The molecule has 0 saturated heterocycles. The summed E-state index contributed by atoms with van der Waals surface area (Å²) in [5.74, 6) is -0.309. The molecule has 0 saturated carbocycles. The number of rotatable bonds is 3. The summed E-state index contributed by atoms with van der Waals surface area (Å²) in [5.41, 5.74) is 1.61. The fourth-order valence-corrected chi connectivity index (χ4v) is 2.00. The topological polar surface area (TPSA) is 43.4 Å². The molecular weight excluding hydrogens is 252 g/mol. The van der Waals surface area contributed by atoms with E-state index in [9.17, 15) is 9.59 Å². The molecule has 0 fully saturated rings. The highest BCUT2D eigenvalue weighted by atomic mass is 16.5. The predicted molar refractivity (Wildman–Crippen MR) is 80.2 cm³/mol. The number of Topliss-reactive ketones (excluding diaryl/α,β-unsaturated/α-hetero) is 1. The summed E-state index contributed by atoms with van der Waals surface area (Å²) in [4.78, 5) is 23.7. The van der Waals surface area contributed by atoms with Gasteiger partial charge in [0.25, 0.3) is 0 Å². The number of carbonyl (C=O) groups excluding carboxylic acids is 2. The van der Waals surface area contributed by atoms with Gasteiger partial charge in [-0.25, -0.2) is 0 Å². The summed E-state index contributed by atoms with van der Waals surface area (Å²) in [6.07, 6.45) is 0. The Kier molecular flexibility index (Phi) is 4.42. The van der Waals surface area contributed by atoms with Gasteiger partial charge in [0.05, 0.1) is 12.5 Å². The molecule has 20 heavy (non-hydrogen) atoms. The molecule has 0 atom stereocenters. The number of ketones is 1. The summed E-state index contributed by atoms with van der Waals surface area (Å²) in [5, 5.41) is 0. The van der Waals surface area contributed by atoms with Crippen molar-refractivity contribution in [3.8, 4) is 0 Å². The minimum atomic E-state index is -0.778. The molecular formula is C17H24O3. The molecule has 0 aromatic heterocycles. The smallest absolute Gasteiger partial charge is 0.315 e. The van der Waals surface area contributed by atoms with Crippen molar-refractivity contribution in [1.29, 1.82) is 0 Å². The van der Waals surface area contributed by atoms with E-state index in [1.54, 1.807) is 6.07 Å². The quantitative estimate of drug-likeness (QED) is 0.625. The van der Waals surface area contributed by atoms with Crippen molar-refractivity contribution in [2.75, 3.05) is 7.11 Å². The van der Waals surface area contributed by atoms with Crippen LogP contribution in [0.25, 0.3) is 0 Å². The Bertz CT molecular complexity index is 534. The van der Waals surface area contributed by atoms with Crippen LogP contribution in [0.4, 0.5) is 0 Å². The molecule has 0 unspecified atom stereocenters. The lowest BCUT2D eigenvalue weighted by Crippen LogP contribution is -2.31. The van der Waals surface area contributed by atoms with Crippen LogP contribution < -0.4 is 0 Å². The van der Waals surface area contributed by atoms with Crippen LogP contribution in [-0.4, -0.2) is 18.9 Å². The van der Waals surface area contributed by atoms with Crippen molar-refractivity contribution < 1.29 is 14.3 Å². The number of methoxy groups -OCH3 is 1. The molecule has 1 aromatic carbocycles. The monoisotopic (exact) mass is 276 g/mol. The minimum Gasteiger partial charge on any atom is -0.468 e. The molecule has 0 amide bonds. The summed E-state index contributed by atoms with van der Waals surface area (Å²) in [6, 6.07) is 5.68. The second-order valence-electron chi connectivity index (χ2n) is 6.72. The van der Waals surface area contributed by atoms with Crippen LogP contribution in [0.15, 0.2) is 18.2 Å². The first-order chi connectivity index (χ1) is 9.00. The van der Waals surface area contributed by atoms with E-state index in [0.717, 1.165) is 11.1 Å². The largest absolute Gasteiger partial charge is 0.468 e. The average Bonchev–Trinajstić information content (AvgIpc) is 2.35. The van der Waals surface area contributed by atoms with Crippen molar-refractivity contribution in [3.05, 3.63) is 34.9 Å². The molecule has 0 aliphatic carbocycles. The molecule has 3 nitrogen and oxygen atoms in total. The van der Waals surface area contributed by atoms with Gasteiger partial charge >= 0.3 is 5.97 Å². The van der Waals surface area contributed by atoms with Crippen LogP contribution in [-0.2, 0) is 20.4 Å². The molecule has 0 N–H and O–H groups in total. The molecule has 0 aliphatic heterocycles. The third-order valence-electron chi connectivity index (χ3n) is 3.62. The van der Waals surface area contributed by atoms with Crippen molar-refractivity contribution in [2.24, 2.45) is 0 Å². The summed E-state index contributed by atoms with van der Waals surface area (Å²) in [7, 11) is 1.38. The van der Waals surface area contributed by atoms with E-state index in [4.69, 9.17) is 4.74 Å². The van der Waals surface area contributed by atoms with E-state index >= 15 is 0 Å². The fourth-order valence-electron chi connectivity index (χ4n) is 2.00. The lowest BCUT2D eigenvalue weighted by Gasteiger charge is -2.26. The van der Waals surface area contributed by atoms with Crippen molar-refractivity contribution in [1.82, 2.24) is 0 Å². The average molecular weight is 276 g/mol. The van der Waals surface area contributed by atoms with Gasteiger partial charge in [0.1, 0.15) is 0 Å². The first-order valence-electron chi connectivity index (χ1n) is 6.75. The van der Waals surface area contributed by atoms with Gasteiger partial charge in [0.2, 0.25) is 0 Å². The Balaban J connectivity index is 3.51. The van der Waals surface area contributed by atoms with Gasteiger partial charge in [-0.15, -0.1) is 0 Å². The minimum absolute atomic E-state index is 0.00184. The molecule has 1 rings (SSSR count). The first kappa shape index (κ1) is 16.4. The zero-order valence-corrected chi connectivity index (χ0v) is 13.5. The standard InChI is InChI=1S/C17H24O3/c1-11(18)12-8-13(16(2,3)4)10-14(9-12)17(5,6)15(19)20-7/h8-10H,1-7H3. The van der Waals surface area contributed by atoms with Gasteiger partial charge in [0, 0.05) is 5.56 Å². The van der Waals surface area contributed by atoms with Crippen LogP contribution in [0.3, 0.4) is 0 Å². The molecule has 1 aromatic rings. The first-order valence-corrected chi connectivity index (χ1v) is 6.75. The third kappa shape index (κ3) is 3.27. The highest BCUT2D eigenvalue weighted by Crippen LogP contribution is 2.31. The maximum atomic E-state index is 12.0. The Morgan fingerprint density at radius 2 is 1.45 bits per heavy atom. The van der Waals surface area contributed by atoms with Gasteiger partial charge in [-0.1, -0.05) is 26.8 Å². The highest BCUT2D eigenvalue weighted by Gasteiger charge is 2.32. The lowest BCUT2D eigenvalue weighted by atomic mass is 9.78. The van der Waals surface area contributed by atoms with Crippen LogP contribution in [0, 0.1) is 0 Å². The van der Waals surface area contributed by atoms with Gasteiger partial charge in [-0.3, -0.25) is 9.59 Å². The van der Waals surface area contributed by atoms with E-state index in [-0.39, 0.29) is 17.2 Å². The Morgan fingerprint density at radius 3 is 1.85 bits per heavy atom. The summed E-state index contributed by atoms with van der Waals surface area (Å²) in [6.45, 7) is 11.4. The summed E-state index contributed by atoms with van der Waals surface area (Å²) >= 11 is 0. The van der Waals surface area contributed by atoms with Crippen molar-refractivity contribution >= 4 is 11.8 Å². The van der Waals surface area contributed by atoms with E-state index in [1.165, 1.54) is 14.0 Å².